The molecule has 0 aromatic heterocycles. The van der Waals surface area contributed by atoms with E-state index in [1.54, 1.807) is 0 Å². The van der Waals surface area contributed by atoms with Crippen molar-refractivity contribution in [2.45, 2.75) is 335 Å². The first kappa shape index (κ1) is 73.6. The van der Waals surface area contributed by atoms with Crippen molar-refractivity contribution in [1.29, 1.82) is 0 Å². The molecule has 0 spiro atoms. The molecular weight excluding hydrogens is 949 g/mol. The highest BCUT2D eigenvalue weighted by molar-refractivity contribution is 5.71. The molecule has 1 atom stereocenters. The summed E-state index contributed by atoms with van der Waals surface area (Å²) in [5.41, 5.74) is 0. The van der Waals surface area contributed by atoms with Crippen molar-refractivity contribution in [1.82, 2.24) is 0 Å². The first-order valence-corrected chi connectivity index (χ1v) is 33.1. The van der Waals surface area contributed by atoms with Crippen LogP contribution in [0.2, 0.25) is 0 Å². The van der Waals surface area contributed by atoms with E-state index in [2.05, 4.69) is 106 Å². The van der Waals surface area contributed by atoms with Gasteiger partial charge in [0, 0.05) is 19.3 Å². The van der Waals surface area contributed by atoms with Gasteiger partial charge in [0.15, 0.2) is 6.10 Å². The van der Waals surface area contributed by atoms with E-state index in [0.717, 1.165) is 109 Å². The summed E-state index contributed by atoms with van der Waals surface area (Å²) in [6.07, 6.45) is 85.8. The number of hydrogen-bond acceptors (Lipinski definition) is 6. The highest BCUT2D eigenvalue weighted by atomic mass is 16.6. The van der Waals surface area contributed by atoms with Gasteiger partial charge in [0.05, 0.1) is 0 Å². The number of ether oxygens (including phenoxy) is 3. The van der Waals surface area contributed by atoms with E-state index >= 15 is 0 Å². The predicted octanol–water partition coefficient (Wildman–Crippen LogP) is 22.7. The number of rotatable bonds is 60. The van der Waals surface area contributed by atoms with E-state index in [1.807, 2.05) is 0 Å². The standard InChI is InChI=1S/C71H124O6/c1-4-7-10-13-16-19-22-25-28-31-33-35-37-40-43-46-49-52-55-58-61-64-70(73)76-67-68(66-75-69(72)63-60-57-54-51-48-45-42-39-30-27-24-21-18-15-12-9-6-3)77-71(74)65-62-59-56-53-50-47-44-41-38-36-34-32-29-26-23-20-17-14-11-8-5-2/h7,10,16,19,25,27-28,30,32-35,40,43,68H,4-6,8-9,11-15,17-18,20-24,26,29,31,36-39,41-42,44-67H2,1-3H3/b10-7-,19-16-,28-25-,30-27-,34-32-,35-33-,43-40-. The fraction of sp³-hybridized carbons (Fsp3) is 0.761. The van der Waals surface area contributed by atoms with Crippen LogP contribution >= 0.6 is 0 Å². The van der Waals surface area contributed by atoms with Crippen molar-refractivity contribution in [3.05, 3.63) is 85.1 Å². The fourth-order valence-electron chi connectivity index (χ4n) is 9.40. The zero-order valence-corrected chi connectivity index (χ0v) is 51.0. The first-order chi connectivity index (χ1) is 38.0. The molecule has 0 bridgehead atoms. The van der Waals surface area contributed by atoms with Crippen LogP contribution < -0.4 is 0 Å². The molecule has 0 amide bonds. The van der Waals surface area contributed by atoms with Crippen LogP contribution in [0.4, 0.5) is 0 Å². The van der Waals surface area contributed by atoms with Gasteiger partial charge in [0.25, 0.3) is 0 Å². The summed E-state index contributed by atoms with van der Waals surface area (Å²) in [6, 6.07) is 0. The molecule has 0 saturated carbocycles. The monoisotopic (exact) mass is 1070 g/mol. The topological polar surface area (TPSA) is 78.9 Å². The third kappa shape index (κ3) is 63.3. The lowest BCUT2D eigenvalue weighted by Gasteiger charge is -2.18. The van der Waals surface area contributed by atoms with Gasteiger partial charge in [0.2, 0.25) is 0 Å². The van der Waals surface area contributed by atoms with Crippen molar-refractivity contribution in [3.8, 4) is 0 Å². The summed E-state index contributed by atoms with van der Waals surface area (Å²) >= 11 is 0. The second-order valence-electron chi connectivity index (χ2n) is 22.0. The highest BCUT2D eigenvalue weighted by Gasteiger charge is 2.19. The molecular formula is C71H124O6. The second kappa shape index (κ2) is 65.1. The van der Waals surface area contributed by atoms with Gasteiger partial charge in [-0.1, -0.05) is 279 Å². The minimum absolute atomic E-state index is 0.0846. The largest absolute Gasteiger partial charge is 0.462 e. The molecule has 0 aromatic rings. The van der Waals surface area contributed by atoms with Crippen molar-refractivity contribution >= 4 is 17.9 Å². The summed E-state index contributed by atoms with van der Waals surface area (Å²) in [5.74, 6) is -0.896. The lowest BCUT2D eigenvalue weighted by molar-refractivity contribution is -0.167. The number of hydrogen-bond donors (Lipinski definition) is 0. The molecule has 0 N–H and O–H groups in total. The maximum absolute atomic E-state index is 12.9. The molecule has 0 aromatic carbocycles. The van der Waals surface area contributed by atoms with Crippen LogP contribution in [0.15, 0.2) is 85.1 Å². The maximum atomic E-state index is 12.9. The lowest BCUT2D eigenvalue weighted by Crippen LogP contribution is -2.30. The van der Waals surface area contributed by atoms with Crippen molar-refractivity contribution in [2.75, 3.05) is 13.2 Å². The molecule has 0 saturated heterocycles. The van der Waals surface area contributed by atoms with E-state index in [-0.39, 0.29) is 31.1 Å². The normalized spacial score (nSPS) is 12.6. The molecule has 0 radical (unpaired) electrons. The molecule has 0 aliphatic carbocycles. The van der Waals surface area contributed by atoms with Crippen LogP contribution in [0.1, 0.15) is 329 Å². The van der Waals surface area contributed by atoms with Crippen LogP contribution in [0.3, 0.4) is 0 Å². The predicted molar refractivity (Wildman–Crippen MR) is 334 cm³/mol. The van der Waals surface area contributed by atoms with Crippen LogP contribution in [0, 0.1) is 0 Å². The molecule has 444 valence electrons. The lowest BCUT2D eigenvalue weighted by atomic mass is 10.1. The van der Waals surface area contributed by atoms with Crippen molar-refractivity contribution in [2.24, 2.45) is 0 Å². The number of carbonyl (C=O) groups excluding carboxylic acids is 3. The Labute approximate surface area is 477 Å². The van der Waals surface area contributed by atoms with Crippen LogP contribution in [0.25, 0.3) is 0 Å². The van der Waals surface area contributed by atoms with Gasteiger partial charge in [-0.25, -0.2) is 0 Å². The number of allylic oxidation sites excluding steroid dienone is 14. The van der Waals surface area contributed by atoms with E-state index in [4.69, 9.17) is 14.2 Å². The minimum atomic E-state index is -0.790. The SMILES string of the molecule is CC/C=C\C/C=C\C/C=C\C/C=C\C/C=C\CCCCCCCC(=O)OCC(COC(=O)CCCCCCCCC/C=C\CCCCCCCC)OC(=O)CCCCCCCCCCC/C=C\CCCCCCCCCC. The Bertz CT molecular complexity index is 1470. The molecule has 77 heavy (non-hydrogen) atoms. The molecule has 0 heterocycles. The Morgan fingerprint density at radius 3 is 0.805 bits per heavy atom. The molecule has 0 rings (SSSR count). The Hall–Kier alpha value is -3.41. The molecule has 1 unspecified atom stereocenters. The summed E-state index contributed by atoms with van der Waals surface area (Å²) in [7, 11) is 0. The Morgan fingerprint density at radius 2 is 0.506 bits per heavy atom. The fourth-order valence-corrected chi connectivity index (χ4v) is 9.40. The molecule has 6 heteroatoms. The van der Waals surface area contributed by atoms with Crippen LogP contribution in [0.5, 0.6) is 0 Å². The van der Waals surface area contributed by atoms with E-state index in [1.165, 1.54) is 180 Å². The third-order valence-corrected chi connectivity index (χ3v) is 14.4. The van der Waals surface area contributed by atoms with Gasteiger partial charge in [0.1, 0.15) is 13.2 Å². The number of esters is 3. The highest BCUT2D eigenvalue weighted by Crippen LogP contribution is 2.16. The van der Waals surface area contributed by atoms with Gasteiger partial charge in [-0.2, -0.15) is 0 Å². The molecule has 0 aliphatic rings. The van der Waals surface area contributed by atoms with Gasteiger partial charge >= 0.3 is 17.9 Å². The quantitative estimate of drug-likeness (QED) is 0.0261. The minimum Gasteiger partial charge on any atom is -0.462 e. The molecule has 0 fully saturated rings. The van der Waals surface area contributed by atoms with Crippen molar-refractivity contribution in [3.63, 3.8) is 0 Å². The second-order valence-corrected chi connectivity index (χ2v) is 22.0. The van der Waals surface area contributed by atoms with Gasteiger partial charge in [-0.15, -0.1) is 0 Å². The Kier molecular flexibility index (Phi) is 62.2. The van der Waals surface area contributed by atoms with Gasteiger partial charge in [-0.3, -0.25) is 14.4 Å². The average Bonchev–Trinajstić information content (AvgIpc) is 3.43. The van der Waals surface area contributed by atoms with Gasteiger partial charge in [-0.05, 0) is 116 Å². The molecule has 0 aliphatic heterocycles. The van der Waals surface area contributed by atoms with E-state index in [9.17, 15) is 14.4 Å². The van der Waals surface area contributed by atoms with Gasteiger partial charge < -0.3 is 14.2 Å². The summed E-state index contributed by atoms with van der Waals surface area (Å²) in [5, 5.41) is 0. The zero-order chi connectivity index (χ0) is 55.7. The summed E-state index contributed by atoms with van der Waals surface area (Å²) in [6.45, 7) is 6.54. The van der Waals surface area contributed by atoms with E-state index in [0.29, 0.717) is 19.3 Å². The Balaban J connectivity index is 4.41. The van der Waals surface area contributed by atoms with Crippen LogP contribution in [-0.4, -0.2) is 37.2 Å². The zero-order valence-electron chi connectivity index (χ0n) is 51.0. The Morgan fingerprint density at radius 1 is 0.273 bits per heavy atom. The average molecular weight is 1070 g/mol. The van der Waals surface area contributed by atoms with E-state index < -0.39 is 6.10 Å². The number of unbranched alkanes of at least 4 members (excludes halogenated alkanes) is 35. The third-order valence-electron chi connectivity index (χ3n) is 14.4. The maximum Gasteiger partial charge on any atom is 0.306 e. The first-order valence-electron chi connectivity index (χ1n) is 33.1. The summed E-state index contributed by atoms with van der Waals surface area (Å²) in [4.78, 5) is 38.4. The molecule has 6 nitrogen and oxygen atoms in total. The smallest absolute Gasteiger partial charge is 0.306 e. The number of carbonyl (C=O) groups is 3. The summed E-state index contributed by atoms with van der Waals surface area (Å²) < 4.78 is 17.0. The van der Waals surface area contributed by atoms with Crippen LogP contribution in [-0.2, 0) is 28.6 Å². The van der Waals surface area contributed by atoms with Crippen molar-refractivity contribution < 1.29 is 28.6 Å².